The van der Waals surface area contributed by atoms with Crippen LogP contribution in [0.2, 0.25) is 0 Å². The van der Waals surface area contributed by atoms with Crippen molar-refractivity contribution in [2.75, 3.05) is 7.11 Å². The number of hydrogen-bond acceptors (Lipinski definition) is 6. The van der Waals surface area contributed by atoms with Gasteiger partial charge < -0.3 is 19.4 Å². The van der Waals surface area contributed by atoms with Gasteiger partial charge in [0, 0.05) is 23.1 Å². The fourth-order valence-corrected chi connectivity index (χ4v) is 2.82. The van der Waals surface area contributed by atoms with E-state index >= 15 is 0 Å². The molecule has 6 heteroatoms. The van der Waals surface area contributed by atoms with Crippen LogP contribution in [0.5, 0.6) is 17.2 Å². The summed E-state index contributed by atoms with van der Waals surface area (Å²) in [7, 11) is 1.47. The van der Waals surface area contributed by atoms with E-state index in [-0.39, 0.29) is 27.9 Å². The van der Waals surface area contributed by atoms with Crippen molar-refractivity contribution < 1.29 is 19.4 Å². The molecule has 0 bridgehead atoms. The van der Waals surface area contributed by atoms with Gasteiger partial charge in [-0.15, -0.1) is 0 Å². The summed E-state index contributed by atoms with van der Waals surface area (Å²) in [6.07, 6.45) is 0. The molecule has 1 heterocycles. The summed E-state index contributed by atoms with van der Waals surface area (Å²) in [4.78, 5) is 13.0. The maximum absolute atomic E-state index is 12.2. The quantitative estimate of drug-likeness (QED) is 0.771. The molecule has 0 aliphatic carbocycles. The van der Waals surface area contributed by atoms with Gasteiger partial charge in [-0.1, -0.05) is 11.8 Å². The van der Waals surface area contributed by atoms with E-state index in [0.29, 0.717) is 10.8 Å². The Labute approximate surface area is 129 Å². The van der Waals surface area contributed by atoms with Crippen molar-refractivity contribution in [3.8, 4) is 17.2 Å². The molecule has 0 aliphatic rings. The number of phenols is 2. The van der Waals surface area contributed by atoms with E-state index in [4.69, 9.17) is 9.15 Å². The Kier molecular flexibility index (Phi) is 3.68. The van der Waals surface area contributed by atoms with Gasteiger partial charge in [-0.05, 0) is 24.3 Å². The first-order valence-electron chi connectivity index (χ1n) is 6.38. The molecule has 1 aromatic heterocycles. The Balaban J connectivity index is 2.08. The monoisotopic (exact) mass is 316 g/mol. The average Bonchev–Trinajstić information content (AvgIpc) is 2.48. The van der Waals surface area contributed by atoms with Crippen LogP contribution in [0.3, 0.4) is 0 Å². The van der Waals surface area contributed by atoms with Crippen molar-refractivity contribution in [2.24, 2.45) is 0 Å². The highest BCUT2D eigenvalue weighted by molar-refractivity contribution is 7.99. The molecule has 0 radical (unpaired) electrons. The molecule has 2 aromatic carbocycles. The minimum absolute atomic E-state index is 0.121. The zero-order valence-corrected chi connectivity index (χ0v) is 12.4. The minimum Gasteiger partial charge on any atom is -0.508 e. The number of aromatic hydroxyl groups is 2. The highest BCUT2D eigenvalue weighted by Crippen LogP contribution is 2.33. The van der Waals surface area contributed by atoms with Gasteiger partial charge in [0.05, 0.1) is 7.11 Å². The number of benzene rings is 2. The Morgan fingerprint density at radius 3 is 2.50 bits per heavy atom. The Bertz CT molecular complexity index is 883. The predicted octanol–water partition coefficient (Wildman–Crippen LogP) is 3.36. The lowest BCUT2D eigenvalue weighted by atomic mass is 10.2. The van der Waals surface area contributed by atoms with Crippen LogP contribution in [-0.4, -0.2) is 17.3 Å². The lowest BCUT2D eigenvalue weighted by Gasteiger charge is -2.06. The lowest BCUT2D eigenvalue weighted by molar-refractivity contribution is 0.406. The molecular formula is C16H12O5S. The van der Waals surface area contributed by atoms with Gasteiger partial charge in [-0.25, -0.2) is 0 Å². The van der Waals surface area contributed by atoms with Crippen molar-refractivity contribution in [3.63, 3.8) is 0 Å². The van der Waals surface area contributed by atoms with E-state index in [1.165, 1.54) is 31.0 Å². The van der Waals surface area contributed by atoms with Crippen molar-refractivity contribution in [2.45, 2.75) is 9.99 Å². The molecule has 3 aromatic rings. The number of fused-ring (bicyclic) bond motifs is 1. The van der Waals surface area contributed by atoms with E-state index in [1.54, 1.807) is 30.3 Å². The van der Waals surface area contributed by atoms with E-state index in [0.717, 1.165) is 4.90 Å². The summed E-state index contributed by atoms with van der Waals surface area (Å²) in [6.45, 7) is 0. The Hall–Kier alpha value is -2.60. The molecule has 0 fully saturated rings. The predicted molar refractivity (Wildman–Crippen MR) is 82.9 cm³/mol. The largest absolute Gasteiger partial charge is 0.508 e. The summed E-state index contributed by atoms with van der Waals surface area (Å²) < 4.78 is 10.7. The number of hydrogen-bond donors (Lipinski definition) is 2. The van der Waals surface area contributed by atoms with Gasteiger partial charge in [0.2, 0.25) is 0 Å². The van der Waals surface area contributed by atoms with Gasteiger partial charge in [0.25, 0.3) is 0 Å². The van der Waals surface area contributed by atoms with E-state index < -0.39 is 0 Å². The third-order valence-electron chi connectivity index (χ3n) is 3.05. The smallest absolute Gasteiger partial charge is 0.197 e. The van der Waals surface area contributed by atoms with Crippen molar-refractivity contribution in [3.05, 3.63) is 52.7 Å². The van der Waals surface area contributed by atoms with Crippen LogP contribution in [0.25, 0.3) is 11.0 Å². The first-order valence-corrected chi connectivity index (χ1v) is 7.20. The summed E-state index contributed by atoms with van der Waals surface area (Å²) in [5.41, 5.74) is -0.0756. The lowest BCUT2D eigenvalue weighted by Crippen LogP contribution is -2.00. The number of rotatable bonds is 3. The molecule has 5 nitrogen and oxygen atoms in total. The molecule has 3 rings (SSSR count). The van der Waals surface area contributed by atoms with Gasteiger partial charge in [-0.3, -0.25) is 4.79 Å². The molecule has 22 heavy (non-hydrogen) atoms. The molecule has 0 amide bonds. The summed E-state index contributed by atoms with van der Waals surface area (Å²) in [5, 5.41) is 19.7. The maximum Gasteiger partial charge on any atom is 0.197 e. The molecule has 0 saturated heterocycles. The highest BCUT2D eigenvalue weighted by Gasteiger charge is 2.12. The van der Waals surface area contributed by atoms with Crippen LogP contribution in [0.15, 0.2) is 61.7 Å². The van der Waals surface area contributed by atoms with Crippen LogP contribution in [-0.2, 0) is 0 Å². The molecular weight excluding hydrogens is 304 g/mol. The molecule has 112 valence electrons. The second kappa shape index (κ2) is 5.65. The molecule has 0 spiro atoms. The van der Waals surface area contributed by atoms with E-state index in [2.05, 4.69) is 0 Å². The third kappa shape index (κ3) is 2.73. The van der Waals surface area contributed by atoms with Crippen molar-refractivity contribution in [1.82, 2.24) is 0 Å². The average molecular weight is 316 g/mol. The third-order valence-corrected chi connectivity index (χ3v) is 3.96. The van der Waals surface area contributed by atoms with Crippen LogP contribution < -0.4 is 10.2 Å². The number of phenolic OH excluding ortho intramolecular Hbond substituents is 2. The van der Waals surface area contributed by atoms with Crippen molar-refractivity contribution in [1.29, 1.82) is 0 Å². The summed E-state index contributed by atoms with van der Waals surface area (Å²) >= 11 is 1.24. The molecule has 0 saturated carbocycles. The standard InChI is InChI=1S/C16H12O5S/c1-20-10-6-12(18)16-13(19)8-15(21-14(16)7-10)22-11-4-2-9(17)3-5-11/h2-8,17-18H,1H3. The highest BCUT2D eigenvalue weighted by atomic mass is 32.2. The summed E-state index contributed by atoms with van der Waals surface area (Å²) in [6, 6.07) is 10.8. The normalized spacial score (nSPS) is 10.8. The van der Waals surface area contributed by atoms with Gasteiger partial charge in [0.15, 0.2) is 10.5 Å². The topological polar surface area (TPSA) is 79.9 Å². The van der Waals surface area contributed by atoms with Crippen LogP contribution in [0, 0.1) is 0 Å². The first kappa shape index (κ1) is 14.3. The number of methoxy groups -OCH3 is 1. The second-order valence-electron chi connectivity index (χ2n) is 4.55. The second-order valence-corrected chi connectivity index (χ2v) is 5.62. The number of ether oxygens (including phenoxy) is 1. The van der Waals surface area contributed by atoms with Crippen LogP contribution >= 0.6 is 11.8 Å². The van der Waals surface area contributed by atoms with Gasteiger partial charge in [0.1, 0.15) is 28.2 Å². The maximum atomic E-state index is 12.2. The SMILES string of the molecule is COc1cc(O)c2c(=O)cc(Sc3ccc(O)cc3)oc2c1. The Morgan fingerprint density at radius 1 is 1.09 bits per heavy atom. The molecule has 0 unspecified atom stereocenters. The molecule has 0 atom stereocenters. The minimum atomic E-state index is -0.331. The zero-order chi connectivity index (χ0) is 15.7. The summed E-state index contributed by atoms with van der Waals surface area (Å²) in [5.74, 6) is 0.392. The Morgan fingerprint density at radius 2 is 1.82 bits per heavy atom. The fourth-order valence-electron chi connectivity index (χ4n) is 2.02. The van der Waals surface area contributed by atoms with Crippen molar-refractivity contribution >= 4 is 22.7 Å². The van der Waals surface area contributed by atoms with E-state index in [1.807, 2.05) is 0 Å². The van der Waals surface area contributed by atoms with E-state index in [9.17, 15) is 15.0 Å². The van der Waals surface area contributed by atoms with Crippen LogP contribution in [0.1, 0.15) is 0 Å². The molecule has 2 N–H and O–H groups in total. The fraction of sp³-hybridized carbons (Fsp3) is 0.0625. The van der Waals surface area contributed by atoms with Crippen LogP contribution in [0.4, 0.5) is 0 Å². The van der Waals surface area contributed by atoms with Gasteiger partial charge >= 0.3 is 0 Å². The zero-order valence-electron chi connectivity index (χ0n) is 11.6. The molecule has 0 aliphatic heterocycles. The first-order chi connectivity index (χ1) is 10.6. The van der Waals surface area contributed by atoms with Gasteiger partial charge in [-0.2, -0.15) is 0 Å².